The standard InChI is InChI=1S/C6H8F3NO4S/c7-6(8,9)15(13,14)4-1-2-10(3-4)5(11)12/h4H,1-3H2,(H,11,12). The van der Waals surface area contributed by atoms with E-state index in [1.807, 2.05) is 0 Å². The van der Waals surface area contributed by atoms with Crippen LogP contribution in [0, 0.1) is 0 Å². The molecule has 0 radical (unpaired) electrons. The minimum atomic E-state index is -5.31. The maximum Gasteiger partial charge on any atom is 0.497 e. The number of amides is 1. The van der Waals surface area contributed by atoms with Crippen LogP contribution in [0.3, 0.4) is 0 Å². The highest BCUT2D eigenvalue weighted by Gasteiger charge is 2.52. The van der Waals surface area contributed by atoms with E-state index in [-0.39, 0.29) is 13.0 Å². The Morgan fingerprint density at radius 1 is 1.40 bits per heavy atom. The van der Waals surface area contributed by atoms with E-state index in [1.54, 1.807) is 0 Å². The number of likely N-dealkylation sites (tertiary alicyclic amines) is 1. The number of carbonyl (C=O) groups is 1. The topological polar surface area (TPSA) is 74.7 Å². The zero-order valence-electron chi connectivity index (χ0n) is 7.36. The van der Waals surface area contributed by atoms with Gasteiger partial charge in [0.25, 0.3) is 9.84 Å². The lowest BCUT2D eigenvalue weighted by atomic mass is 10.4. The van der Waals surface area contributed by atoms with E-state index in [9.17, 15) is 26.4 Å². The fourth-order valence-electron chi connectivity index (χ4n) is 1.34. The van der Waals surface area contributed by atoms with Gasteiger partial charge in [-0.2, -0.15) is 13.2 Å². The number of hydrogen-bond acceptors (Lipinski definition) is 3. The first-order valence-corrected chi connectivity index (χ1v) is 5.49. The van der Waals surface area contributed by atoms with Gasteiger partial charge in [0.2, 0.25) is 0 Å². The lowest BCUT2D eigenvalue weighted by Crippen LogP contribution is -2.37. The fourth-order valence-corrected chi connectivity index (χ4v) is 2.51. The summed E-state index contributed by atoms with van der Waals surface area (Å²) in [6, 6.07) is 0. The lowest BCUT2D eigenvalue weighted by Gasteiger charge is -2.14. The predicted molar refractivity (Wildman–Crippen MR) is 43.0 cm³/mol. The summed E-state index contributed by atoms with van der Waals surface area (Å²) in [7, 11) is -5.25. The van der Waals surface area contributed by atoms with Crippen LogP contribution >= 0.6 is 0 Å². The van der Waals surface area contributed by atoms with E-state index in [0.29, 0.717) is 4.90 Å². The number of halogens is 3. The molecular formula is C6H8F3NO4S. The molecule has 0 bridgehead atoms. The summed E-state index contributed by atoms with van der Waals surface area (Å²) in [5.41, 5.74) is -5.31. The maximum absolute atomic E-state index is 12.1. The van der Waals surface area contributed by atoms with Gasteiger partial charge < -0.3 is 10.0 Å². The molecule has 1 rings (SSSR count). The van der Waals surface area contributed by atoms with Crippen LogP contribution in [-0.2, 0) is 9.84 Å². The van der Waals surface area contributed by atoms with Crippen molar-refractivity contribution in [1.29, 1.82) is 0 Å². The van der Waals surface area contributed by atoms with Gasteiger partial charge in [0, 0.05) is 13.1 Å². The Hall–Kier alpha value is -0.990. The van der Waals surface area contributed by atoms with Crippen molar-refractivity contribution < 1.29 is 31.5 Å². The second-order valence-electron chi connectivity index (χ2n) is 3.13. The van der Waals surface area contributed by atoms with E-state index in [4.69, 9.17) is 5.11 Å². The van der Waals surface area contributed by atoms with Crippen molar-refractivity contribution in [2.24, 2.45) is 0 Å². The van der Waals surface area contributed by atoms with Gasteiger partial charge in [-0.3, -0.25) is 0 Å². The first kappa shape index (κ1) is 12.1. The van der Waals surface area contributed by atoms with Crippen molar-refractivity contribution in [3.05, 3.63) is 0 Å². The van der Waals surface area contributed by atoms with Crippen LogP contribution in [0.5, 0.6) is 0 Å². The van der Waals surface area contributed by atoms with Gasteiger partial charge in [-0.1, -0.05) is 0 Å². The molecule has 0 spiro atoms. The van der Waals surface area contributed by atoms with Gasteiger partial charge in [-0.25, -0.2) is 13.2 Å². The second kappa shape index (κ2) is 3.54. The number of rotatable bonds is 1. The molecule has 1 aliphatic rings. The molecule has 1 atom stereocenters. The molecule has 0 aliphatic carbocycles. The van der Waals surface area contributed by atoms with Crippen molar-refractivity contribution in [2.45, 2.75) is 17.2 Å². The maximum atomic E-state index is 12.1. The molecule has 0 aromatic carbocycles. The van der Waals surface area contributed by atoms with Crippen molar-refractivity contribution in [3.8, 4) is 0 Å². The predicted octanol–water partition coefficient (Wildman–Crippen LogP) is 0.673. The van der Waals surface area contributed by atoms with Crippen molar-refractivity contribution in [3.63, 3.8) is 0 Å². The zero-order chi connectivity index (χ0) is 11.9. The monoisotopic (exact) mass is 247 g/mol. The number of alkyl halides is 3. The number of sulfone groups is 1. The summed E-state index contributed by atoms with van der Waals surface area (Å²) in [5, 5.41) is 6.78. The van der Waals surface area contributed by atoms with Crippen molar-refractivity contribution >= 4 is 15.9 Å². The first-order valence-electron chi connectivity index (χ1n) is 3.94. The van der Waals surface area contributed by atoms with E-state index < -0.39 is 33.2 Å². The molecule has 1 unspecified atom stereocenters. The lowest BCUT2D eigenvalue weighted by molar-refractivity contribution is -0.0444. The summed E-state index contributed by atoms with van der Waals surface area (Å²) in [4.78, 5) is 11.0. The molecule has 1 fully saturated rings. The molecular weight excluding hydrogens is 239 g/mol. The third kappa shape index (κ3) is 2.16. The number of nitrogens with zero attached hydrogens (tertiary/aromatic N) is 1. The Morgan fingerprint density at radius 3 is 2.27 bits per heavy atom. The fraction of sp³-hybridized carbons (Fsp3) is 0.833. The highest BCUT2D eigenvalue weighted by atomic mass is 32.2. The van der Waals surface area contributed by atoms with E-state index in [2.05, 4.69) is 0 Å². The van der Waals surface area contributed by atoms with Crippen LogP contribution in [0.1, 0.15) is 6.42 Å². The molecule has 0 aromatic rings. The Morgan fingerprint density at radius 2 is 1.93 bits per heavy atom. The molecule has 1 aliphatic heterocycles. The minimum Gasteiger partial charge on any atom is -0.465 e. The molecule has 0 saturated carbocycles. The summed E-state index contributed by atoms with van der Waals surface area (Å²) >= 11 is 0. The van der Waals surface area contributed by atoms with Crippen LogP contribution in [-0.4, -0.2) is 48.4 Å². The minimum absolute atomic E-state index is 0.185. The molecule has 15 heavy (non-hydrogen) atoms. The third-order valence-corrected chi connectivity index (χ3v) is 4.08. The molecule has 88 valence electrons. The summed E-state index contributed by atoms with van der Waals surface area (Å²) in [6.45, 7) is -0.799. The zero-order valence-corrected chi connectivity index (χ0v) is 8.18. The average Bonchev–Trinajstić information content (AvgIpc) is 2.49. The van der Waals surface area contributed by atoms with Gasteiger partial charge in [0.05, 0.1) is 5.25 Å². The first-order chi connectivity index (χ1) is 6.66. The molecule has 9 heteroatoms. The SMILES string of the molecule is O=C(O)N1CCC(S(=O)(=O)C(F)(F)F)C1. The number of carboxylic acid groups (broad SMARTS) is 1. The molecule has 1 heterocycles. The van der Waals surface area contributed by atoms with E-state index in [0.717, 1.165) is 0 Å². The van der Waals surface area contributed by atoms with Crippen LogP contribution in [0.4, 0.5) is 18.0 Å². The highest BCUT2D eigenvalue weighted by Crippen LogP contribution is 2.31. The van der Waals surface area contributed by atoms with Crippen LogP contribution in [0.2, 0.25) is 0 Å². The van der Waals surface area contributed by atoms with Crippen LogP contribution in [0.25, 0.3) is 0 Å². The van der Waals surface area contributed by atoms with Crippen LogP contribution < -0.4 is 0 Å². The molecule has 0 aromatic heterocycles. The van der Waals surface area contributed by atoms with Gasteiger partial charge in [-0.05, 0) is 6.42 Å². The largest absolute Gasteiger partial charge is 0.497 e. The smallest absolute Gasteiger partial charge is 0.465 e. The molecule has 1 amide bonds. The number of hydrogen-bond donors (Lipinski definition) is 1. The van der Waals surface area contributed by atoms with Gasteiger partial charge >= 0.3 is 11.6 Å². The normalized spacial score (nSPS) is 23.1. The Balaban J connectivity index is 2.82. The average molecular weight is 247 g/mol. The van der Waals surface area contributed by atoms with Crippen LogP contribution in [0.15, 0.2) is 0 Å². The Labute approximate surface area is 83.4 Å². The van der Waals surface area contributed by atoms with Crippen molar-refractivity contribution in [2.75, 3.05) is 13.1 Å². The van der Waals surface area contributed by atoms with Gasteiger partial charge in [0.1, 0.15) is 0 Å². The van der Waals surface area contributed by atoms with Gasteiger partial charge in [0.15, 0.2) is 0 Å². The second-order valence-corrected chi connectivity index (χ2v) is 5.35. The highest BCUT2D eigenvalue weighted by molar-refractivity contribution is 7.92. The van der Waals surface area contributed by atoms with Gasteiger partial charge in [-0.15, -0.1) is 0 Å². The summed E-state index contributed by atoms with van der Waals surface area (Å²) in [6.07, 6.45) is -1.72. The Bertz CT molecular complexity index is 363. The van der Waals surface area contributed by atoms with E-state index in [1.165, 1.54) is 0 Å². The third-order valence-electron chi connectivity index (χ3n) is 2.18. The molecule has 1 N–H and O–H groups in total. The Kier molecular flexibility index (Phi) is 2.85. The van der Waals surface area contributed by atoms with Crippen molar-refractivity contribution in [1.82, 2.24) is 4.90 Å². The molecule has 1 saturated heterocycles. The van der Waals surface area contributed by atoms with E-state index >= 15 is 0 Å². The summed E-state index contributed by atoms with van der Waals surface area (Å²) < 4.78 is 57.9. The summed E-state index contributed by atoms with van der Waals surface area (Å²) in [5.74, 6) is 0. The quantitative estimate of drug-likeness (QED) is 0.739. The molecule has 5 nitrogen and oxygen atoms in total.